The van der Waals surface area contributed by atoms with Crippen molar-refractivity contribution in [1.29, 1.82) is 0 Å². The topological polar surface area (TPSA) is 85.4 Å². The molecule has 0 fully saturated rings. The maximum absolute atomic E-state index is 12.5. The summed E-state index contributed by atoms with van der Waals surface area (Å²) in [7, 11) is 3.15. The number of hydrogen-bond acceptors (Lipinski definition) is 6. The second-order valence-electron chi connectivity index (χ2n) is 5.30. The zero-order chi connectivity index (χ0) is 18.4. The first-order chi connectivity index (χ1) is 12.7. The average Bonchev–Trinajstić information content (AvgIpc) is 2.68. The number of nitrogens with zero attached hydrogens (tertiary/aromatic N) is 2. The molecular weight excluding hydrogens is 332 g/mol. The van der Waals surface area contributed by atoms with Gasteiger partial charge in [-0.2, -0.15) is 0 Å². The third-order valence-electron chi connectivity index (χ3n) is 3.60. The van der Waals surface area contributed by atoms with E-state index in [1.807, 2.05) is 36.4 Å². The Bertz CT molecular complexity index is 915. The van der Waals surface area contributed by atoms with E-state index < -0.39 is 0 Å². The van der Waals surface area contributed by atoms with Crippen LogP contribution < -0.4 is 20.1 Å². The van der Waals surface area contributed by atoms with E-state index in [4.69, 9.17) is 9.47 Å². The van der Waals surface area contributed by atoms with Crippen molar-refractivity contribution in [3.8, 4) is 11.5 Å². The number of aromatic nitrogens is 2. The lowest BCUT2D eigenvalue weighted by Gasteiger charge is -2.10. The lowest BCUT2D eigenvalue weighted by molar-refractivity contribution is 0.102. The summed E-state index contributed by atoms with van der Waals surface area (Å²) in [5, 5.41) is 5.91. The molecule has 0 spiro atoms. The van der Waals surface area contributed by atoms with Gasteiger partial charge in [0.1, 0.15) is 29.3 Å². The van der Waals surface area contributed by atoms with Crippen molar-refractivity contribution in [3.05, 3.63) is 66.6 Å². The van der Waals surface area contributed by atoms with E-state index in [1.54, 1.807) is 32.4 Å². The normalized spacial score (nSPS) is 10.1. The number of carbonyl (C=O) groups excluding carboxylic acids is 1. The molecule has 132 valence electrons. The number of hydrogen-bond donors (Lipinski definition) is 2. The molecule has 3 aromatic rings. The predicted molar refractivity (Wildman–Crippen MR) is 99.3 cm³/mol. The molecule has 0 atom stereocenters. The van der Waals surface area contributed by atoms with Gasteiger partial charge in [0.25, 0.3) is 5.91 Å². The predicted octanol–water partition coefficient (Wildman–Crippen LogP) is 3.49. The van der Waals surface area contributed by atoms with Crippen LogP contribution in [0, 0.1) is 0 Å². The summed E-state index contributed by atoms with van der Waals surface area (Å²) in [6.45, 7) is 0. The molecule has 0 aliphatic carbocycles. The Hall–Kier alpha value is -3.61. The largest absolute Gasteiger partial charge is 0.497 e. The van der Waals surface area contributed by atoms with Crippen LogP contribution >= 0.6 is 0 Å². The molecule has 2 aromatic carbocycles. The highest BCUT2D eigenvalue weighted by Crippen LogP contribution is 2.24. The van der Waals surface area contributed by atoms with Crippen LogP contribution in [-0.2, 0) is 0 Å². The fourth-order valence-electron chi connectivity index (χ4n) is 2.33. The van der Waals surface area contributed by atoms with Gasteiger partial charge in [-0.25, -0.2) is 9.97 Å². The molecular formula is C19H18N4O3. The molecule has 0 aliphatic rings. The molecule has 1 amide bonds. The number of para-hydroxylation sites is 2. The van der Waals surface area contributed by atoms with Crippen LogP contribution in [-0.4, -0.2) is 30.1 Å². The Morgan fingerprint density at radius 2 is 1.81 bits per heavy atom. The zero-order valence-corrected chi connectivity index (χ0v) is 14.4. The van der Waals surface area contributed by atoms with E-state index >= 15 is 0 Å². The van der Waals surface area contributed by atoms with Crippen molar-refractivity contribution >= 4 is 23.1 Å². The molecule has 0 saturated heterocycles. The minimum Gasteiger partial charge on any atom is -0.497 e. The Morgan fingerprint density at radius 1 is 0.962 bits per heavy atom. The fourth-order valence-corrected chi connectivity index (χ4v) is 2.33. The Balaban J connectivity index is 1.77. The number of ether oxygens (including phenoxy) is 2. The summed E-state index contributed by atoms with van der Waals surface area (Å²) < 4.78 is 10.4. The lowest BCUT2D eigenvalue weighted by Crippen LogP contribution is -2.15. The molecule has 0 radical (unpaired) electrons. The van der Waals surface area contributed by atoms with Gasteiger partial charge in [-0.05, 0) is 24.3 Å². The number of benzene rings is 2. The van der Waals surface area contributed by atoms with Crippen molar-refractivity contribution in [2.24, 2.45) is 0 Å². The quantitative estimate of drug-likeness (QED) is 0.708. The Kier molecular flexibility index (Phi) is 5.28. The van der Waals surface area contributed by atoms with Crippen LogP contribution in [0.25, 0.3) is 0 Å². The molecule has 1 aromatic heterocycles. The molecule has 0 unspecified atom stereocenters. The maximum atomic E-state index is 12.5. The zero-order valence-electron chi connectivity index (χ0n) is 14.4. The minimum absolute atomic E-state index is 0.233. The number of methoxy groups -OCH3 is 2. The highest BCUT2D eigenvalue weighted by molar-refractivity contribution is 6.04. The van der Waals surface area contributed by atoms with Crippen LogP contribution in [0.3, 0.4) is 0 Å². The van der Waals surface area contributed by atoms with E-state index in [-0.39, 0.29) is 11.6 Å². The summed E-state index contributed by atoms with van der Waals surface area (Å²) in [5.41, 5.74) is 1.59. The van der Waals surface area contributed by atoms with E-state index in [9.17, 15) is 4.79 Å². The first kappa shape index (κ1) is 17.2. The first-order valence-electron chi connectivity index (χ1n) is 7.87. The molecule has 0 aliphatic heterocycles. The van der Waals surface area contributed by atoms with E-state index in [2.05, 4.69) is 20.6 Å². The highest BCUT2D eigenvalue weighted by Gasteiger charge is 2.12. The monoisotopic (exact) mass is 350 g/mol. The Morgan fingerprint density at radius 3 is 2.62 bits per heavy atom. The summed E-state index contributed by atoms with van der Waals surface area (Å²) in [4.78, 5) is 20.7. The van der Waals surface area contributed by atoms with Crippen molar-refractivity contribution in [2.75, 3.05) is 24.9 Å². The van der Waals surface area contributed by atoms with Gasteiger partial charge in [-0.3, -0.25) is 4.79 Å². The van der Waals surface area contributed by atoms with Crippen LogP contribution in [0.15, 0.2) is 60.9 Å². The second-order valence-corrected chi connectivity index (χ2v) is 5.30. The summed E-state index contributed by atoms with van der Waals surface area (Å²) >= 11 is 0. The number of amides is 1. The number of nitrogens with one attached hydrogen (secondary N) is 2. The van der Waals surface area contributed by atoms with Gasteiger partial charge >= 0.3 is 0 Å². The van der Waals surface area contributed by atoms with Crippen LogP contribution in [0.4, 0.5) is 17.2 Å². The summed E-state index contributed by atoms with van der Waals surface area (Å²) in [5.74, 6) is 1.44. The molecule has 0 saturated carbocycles. The molecule has 1 heterocycles. The van der Waals surface area contributed by atoms with Crippen molar-refractivity contribution in [2.45, 2.75) is 0 Å². The number of carbonyl (C=O) groups is 1. The molecule has 7 heteroatoms. The van der Waals surface area contributed by atoms with Gasteiger partial charge in [0.2, 0.25) is 0 Å². The van der Waals surface area contributed by atoms with E-state index in [0.717, 1.165) is 11.4 Å². The average molecular weight is 350 g/mol. The summed E-state index contributed by atoms with van der Waals surface area (Å²) in [6.07, 6.45) is 1.33. The SMILES string of the molecule is COc1cccc(Nc2cc(C(=O)Nc3ccccc3OC)ncn2)c1. The van der Waals surface area contributed by atoms with Gasteiger partial charge in [0.05, 0.1) is 19.9 Å². The van der Waals surface area contributed by atoms with Crippen LogP contribution in [0.1, 0.15) is 10.5 Å². The molecule has 3 rings (SSSR count). The van der Waals surface area contributed by atoms with Crippen LogP contribution in [0.2, 0.25) is 0 Å². The van der Waals surface area contributed by atoms with E-state index in [1.165, 1.54) is 6.33 Å². The molecule has 2 N–H and O–H groups in total. The van der Waals surface area contributed by atoms with Gasteiger partial charge in [0, 0.05) is 17.8 Å². The van der Waals surface area contributed by atoms with E-state index in [0.29, 0.717) is 17.3 Å². The van der Waals surface area contributed by atoms with Crippen molar-refractivity contribution < 1.29 is 14.3 Å². The standard InChI is InChI=1S/C19H18N4O3/c1-25-14-7-5-6-13(10-14)22-18-11-16(20-12-21-18)19(24)23-15-8-3-4-9-17(15)26-2/h3-12H,1-2H3,(H,23,24)(H,20,21,22). The van der Waals surface area contributed by atoms with Crippen molar-refractivity contribution in [3.63, 3.8) is 0 Å². The lowest BCUT2D eigenvalue weighted by atomic mass is 10.2. The molecule has 7 nitrogen and oxygen atoms in total. The third-order valence-corrected chi connectivity index (χ3v) is 3.60. The summed E-state index contributed by atoms with van der Waals surface area (Å²) in [6, 6.07) is 16.1. The second kappa shape index (κ2) is 7.98. The highest BCUT2D eigenvalue weighted by atomic mass is 16.5. The maximum Gasteiger partial charge on any atom is 0.274 e. The molecule has 26 heavy (non-hydrogen) atoms. The third kappa shape index (κ3) is 4.07. The minimum atomic E-state index is -0.356. The fraction of sp³-hybridized carbons (Fsp3) is 0.105. The first-order valence-corrected chi connectivity index (χ1v) is 7.87. The van der Waals surface area contributed by atoms with Crippen molar-refractivity contribution in [1.82, 2.24) is 9.97 Å². The van der Waals surface area contributed by atoms with Gasteiger partial charge in [-0.1, -0.05) is 18.2 Å². The Labute approximate surface area is 151 Å². The number of rotatable bonds is 6. The molecule has 0 bridgehead atoms. The number of anilines is 3. The van der Waals surface area contributed by atoms with Gasteiger partial charge in [-0.15, -0.1) is 0 Å². The van der Waals surface area contributed by atoms with Gasteiger partial charge < -0.3 is 20.1 Å². The van der Waals surface area contributed by atoms with Crippen LogP contribution in [0.5, 0.6) is 11.5 Å². The van der Waals surface area contributed by atoms with Gasteiger partial charge in [0.15, 0.2) is 0 Å². The smallest absolute Gasteiger partial charge is 0.274 e.